The van der Waals surface area contributed by atoms with Crippen molar-refractivity contribution < 1.29 is 13.2 Å². The number of hydrogen-bond acceptors (Lipinski definition) is 0. The molecule has 0 heterocycles. The van der Waals surface area contributed by atoms with E-state index in [0.717, 1.165) is 18.1 Å². The Bertz CT molecular complexity index is 705. The Morgan fingerprint density at radius 1 is 0.778 bits per heavy atom. The minimum Gasteiger partial charge on any atom is -0.204 e. The summed E-state index contributed by atoms with van der Waals surface area (Å²) >= 11 is 0. The number of unbranched alkanes of at least 4 members (excludes halogenated alkanes) is 3. The standard InChI is InChI=1S/C24H29F3/c1-2-3-4-5-6-17-7-9-18(10-8-17)19-11-13-20(14-12-19)21-15-22(25)24(27)23(26)16-21/h11-18H,2-10H2,1H3/t17-,18-. The molecule has 146 valence electrons. The molecule has 1 aliphatic rings. The second-order valence-electron chi connectivity index (χ2n) is 7.94. The van der Waals surface area contributed by atoms with E-state index in [1.807, 2.05) is 12.1 Å². The summed E-state index contributed by atoms with van der Waals surface area (Å²) in [5, 5.41) is 0. The molecule has 0 atom stereocenters. The smallest absolute Gasteiger partial charge is 0.194 e. The lowest BCUT2D eigenvalue weighted by Gasteiger charge is -2.29. The molecule has 0 radical (unpaired) electrons. The van der Waals surface area contributed by atoms with Crippen molar-refractivity contribution in [3.8, 4) is 11.1 Å². The van der Waals surface area contributed by atoms with Gasteiger partial charge < -0.3 is 0 Å². The highest BCUT2D eigenvalue weighted by Gasteiger charge is 2.22. The Morgan fingerprint density at radius 2 is 1.41 bits per heavy atom. The predicted octanol–water partition coefficient (Wildman–Crippen LogP) is 8.02. The molecule has 3 rings (SSSR count). The van der Waals surface area contributed by atoms with Gasteiger partial charge in [0.1, 0.15) is 0 Å². The van der Waals surface area contributed by atoms with Crippen LogP contribution in [0.25, 0.3) is 11.1 Å². The average molecular weight is 374 g/mol. The minimum absolute atomic E-state index is 0.369. The van der Waals surface area contributed by atoms with Crippen LogP contribution in [0, 0.1) is 23.4 Å². The van der Waals surface area contributed by atoms with Crippen molar-refractivity contribution in [3.05, 3.63) is 59.4 Å². The third-order valence-corrected chi connectivity index (χ3v) is 6.01. The van der Waals surface area contributed by atoms with E-state index in [-0.39, 0.29) is 0 Å². The summed E-state index contributed by atoms with van der Waals surface area (Å²) in [6.07, 6.45) is 11.8. The van der Waals surface area contributed by atoms with Gasteiger partial charge in [0.2, 0.25) is 0 Å². The van der Waals surface area contributed by atoms with Crippen LogP contribution in [-0.2, 0) is 0 Å². The Balaban J connectivity index is 1.57. The molecule has 0 aromatic heterocycles. The van der Waals surface area contributed by atoms with Crippen molar-refractivity contribution in [2.45, 2.75) is 70.6 Å². The zero-order chi connectivity index (χ0) is 19.2. The first kappa shape index (κ1) is 20.0. The van der Waals surface area contributed by atoms with Crippen LogP contribution in [0.4, 0.5) is 13.2 Å². The van der Waals surface area contributed by atoms with Crippen molar-refractivity contribution in [2.24, 2.45) is 5.92 Å². The first-order valence-electron chi connectivity index (χ1n) is 10.3. The zero-order valence-corrected chi connectivity index (χ0v) is 16.1. The number of benzene rings is 2. The lowest BCUT2D eigenvalue weighted by molar-refractivity contribution is 0.302. The summed E-state index contributed by atoms with van der Waals surface area (Å²) in [5.41, 5.74) is 2.38. The summed E-state index contributed by atoms with van der Waals surface area (Å²) in [6.45, 7) is 2.25. The molecule has 0 unspecified atom stereocenters. The Morgan fingerprint density at radius 3 is 2.00 bits per heavy atom. The Hall–Kier alpha value is -1.77. The average Bonchev–Trinajstić information content (AvgIpc) is 2.70. The summed E-state index contributed by atoms with van der Waals surface area (Å²) in [4.78, 5) is 0. The normalized spacial score (nSPS) is 20.0. The van der Waals surface area contributed by atoms with Gasteiger partial charge in [-0.1, -0.05) is 63.3 Å². The van der Waals surface area contributed by atoms with Gasteiger partial charge in [-0.2, -0.15) is 0 Å². The quantitative estimate of drug-likeness (QED) is 0.340. The third-order valence-electron chi connectivity index (χ3n) is 6.01. The maximum Gasteiger partial charge on any atom is 0.194 e. The van der Waals surface area contributed by atoms with E-state index in [1.54, 1.807) is 0 Å². The Kier molecular flexibility index (Phi) is 6.98. The van der Waals surface area contributed by atoms with Crippen LogP contribution in [0.15, 0.2) is 36.4 Å². The third kappa shape index (κ3) is 5.15. The molecule has 0 nitrogen and oxygen atoms in total. The molecule has 1 fully saturated rings. The summed E-state index contributed by atoms with van der Waals surface area (Å²) in [7, 11) is 0. The van der Waals surface area contributed by atoms with Crippen LogP contribution in [0.1, 0.15) is 76.2 Å². The second-order valence-corrected chi connectivity index (χ2v) is 7.94. The van der Waals surface area contributed by atoms with E-state index >= 15 is 0 Å². The molecule has 27 heavy (non-hydrogen) atoms. The maximum atomic E-state index is 13.4. The molecule has 0 saturated heterocycles. The van der Waals surface area contributed by atoms with Gasteiger partial charge in [0.05, 0.1) is 0 Å². The van der Waals surface area contributed by atoms with Crippen LogP contribution in [0.5, 0.6) is 0 Å². The van der Waals surface area contributed by atoms with Gasteiger partial charge in [-0.15, -0.1) is 0 Å². The molecule has 2 aromatic carbocycles. The molecule has 3 heteroatoms. The van der Waals surface area contributed by atoms with Crippen molar-refractivity contribution in [1.29, 1.82) is 0 Å². The molecule has 0 bridgehead atoms. The summed E-state index contributed by atoms with van der Waals surface area (Å²) in [6, 6.07) is 9.99. The molecule has 0 amide bonds. The molecule has 1 aliphatic carbocycles. The number of hydrogen-bond donors (Lipinski definition) is 0. The minimum atomic E-state index is -1.41. The fourth-order valence-corrected chi connectivity index (χ4v) is 4.31. The number of halogens is 3. The van der Waals surface area contributed by atoms with Gasteiger partial charge in [0.25, 0.3) is 0 Å². The molecule has 1 saturated carbocycles. The van der Waals surface area contributed by atoms with E-state index in [4.69, 9.17) is 0 Å². The van der Waals surface area contributed by atoms with Crippen LogP contribution in [0.3, 0.4) is 0 Å². The monoisotopic (exact) mass is 374 g/mol. The van der Waals surface area contributed by atoms with E-state index in [2.05, 4.69) is 19.1 Å². The largest absolute Gasteiger partial charge is 0.204 e. The molecule has 0 N–H and O–H groups in total. The molecule has 2 aromatic rings. The molecular weight excluding hydrogens is 345 g/mol. The van der Waals surface area contributed by atoms with Crippen molar-refractivity contribution >= 4 is 0 Å². The van der Waals surface area contributed by atoms with Gasteiger partial charge >= 0.3 is 0 Å². The Labute approximate surface area is 160 Å². The highest BCUT2D eigenvalue weighted by atomic mass is 19.2. The fraction of sp³-hybridized carbons (Fsp3) is 0.500. The maximum absolute atomic E-state index is 13.4. The topological polar surface area (TPSA) is 0 Å². The van der Waals surface area contributed by atoms with Crippen LogP contribution in [0.2, 0.25) is 0 Å². The van der Waals surface area contributed by atoms with E-state index in [9.17, 15) is 13.2 Å². The zero-order valence-electron chi connectivity index (χ0n) is 16.1. The van der Waals surface area contributed by atoms with Crippen molar-refractivity contribution in [3.63, 3.8) is 0 Å². The lowest BCUT2D eigenvalue weighted by atomic mass is 9.77. The first-order chi connectivity index (χ1) is 13.1. The SMILES string of the molecule is CCCCCC[C@H]1CC[C@H](c2ccc(-c3cc(F)c(F)c(F)c3)cc2)CC1. The lowest BCUT2D eigenvalue weighted by Crippen LogP contribution is -2.13. The highest BCUT2D eigenvalue weighted by molar-refractivity contribution is 5.64. The van der Waals surface area contributed by atoms with Gasteiger partial charge in [0, 0.05) is 0 Å². The van der Waals surface area contributed by atoms with Gasteiger partial charge in [-0.05, 0) is 66.3 Å². The van der Waals surface area contributed by atoms with Crippen LogP contribution < -0.4 is 0 Å². The molecule has 0 spiro atoms. The van der Waals surface area contributed by atoms with Gasteiger partial charge in [-0.25, -0.2) is 13.2 Å². The predicted molar refractivity (Wildman–Crippen MR) is 105 cm³/mol. The van der Waals surface area contributed by atoms with E-state index < -0.39 is 17.5 Å². The summed E-state index contributed by atoms with van der Waals surface area (Å²) in [5.74, 6) is -2.25. The molecule has 0 aliphatic heterocycles. The van der Waals surface area contributed by atoms with Crippen molar-refractivity contribution in [1.82, 2.24) is 0 Å². The second kappa shape index (κ2) is 9.43. The highest BCUT2D eigenvalue weighted by Crippen LogP contribution is 2.38. The van der Waals surface area contributed by atoms with Crippen molar-refractivity contribution in [2.75, 3.05) is 0 Å². The van der Waals surface area contributed by atoms with Crippen LogP contribution >= 0.6 is 0 Å². The molecular formula is C24H29F3. The first-order valence-corrected chi connectivity index (χ1v) is 10.3. The van der Waals surface area contributed by atoms with Gasteiger partial charge in [0.15, 0.2) is 17.5 Å². The van der Waals surface area contributed by atoms with Crippen LogP contribution in [-0.4, -0.2) is 0 Å². The van der Waals surface area contributed by atoms with E-state index in [0.29, 0.717) is 17.0 Å². The summed E-state index contributed by atoms with van der Waals surface area (Å²) < 4.78 is 40.0. The van der Waals surface area contributed by atoms with E-state index in [1.165, 1.54) is 63.4 Å². The van der Waals surface area contributed by atoms with Gasteiger partial charge in [-0.3, -0.25) is 0 Å². The fourth-order valence-electron chi connectivity index (χ4n) is 4.31. The number of rotatable bonds is 7.